The SMILES string of the molecule is O=C(CN1CCCCCCOc2ccccc2Oc2ncccc2C1)NCCS(=O)(=O)N1CCCCC1. The molecule has 4 rings (SSSR count). The minimum Gasteiger partial charge on any atom is -0.490 e. The summed E-state index contributed by atoms with van der Waals surface area (Å²) in [5, 5.41) is 2.82. The normalized spacial score (nSPS) is 18.4. The van der Waals surface area contributed by atoms with Crippen LogP contribution in [0.2, 0.25) is 0 Å². The van der Waals surface area contributed by atoms with Crippen LogP contribution in [0.1, 0.15) is 50.5 Å². The van der Waals surface area contributed by atoms with Crippen LogP contribution < -0.4 is 14.8 Å². The van der Waals surface area contributed by atoms with Crippen LogP contribution in [0, 0.1) is 0 Å². The lowest BCUT2D eigenvalue weighted by Gasteiger charge is -2.26. The Kier molecular flexibility index (Phi) is 10.2. The first-order valence-electron chi connectivity index (χ1n) is 13.3. The first-order chi connectivity index (χ1) is 18.0. The first-order valence-corrected chi connectivity index (χ1v) is 14.9. The smallest absolute Gasteiger partial charge is 0.234 e. The number of ether oxygens (including phenoxy) is 2. The lowest BCUT2D eigenvalue weighted by Crippen LogP contribution is -2.42. The number of piperidine rings is 1. The van der Waals surface area contributed by atoms with Gasteiger partial charge in [0, 0.05) is 37.9 Å². The van der Waals surface area contributed by atoms with Crippen molar-refractivity contribution >= 4 is 15.9 Å². The van der Waals surface area contributed by atoms with Gasteiger partial charge in [-0.1, -0.05) is 37.5 Å². The van der Waals surface area contributed by atoms with Gasteiger partial charge in [0.1, 0.15) is 0 Å². The zero-order valence-corrected chi connectivity index (χ0v) is 22.3. The van der Waals surface area contributed by atoms with E-state index in [1.165, 1.54) is 0 Å². The Hall–Kier alpha value is -2.69. The highest BCUT2D eigenvalue weighted by atomic mass is 32.2. The average Bonchev–Trinajstić information content (AvgIpc) is 2.90. The number of carbonyl (C=O) groups excluding carboxylic acids is 1. The number of amides is 1. The molecule has 2 aromatic rings. The van der Waals surface area contributed by atoms with E-state index >= 15 is 0 Å². The van der Waals surface area contributed by atoms with Crippen molar-refractivity contribution < 1.29 is 22.7 Å². The fourth-order valence-corrected chi connectivity index (χ4v) is 6.11. The number of sulfonamides is 1. The van der Waals surface area contributed by atoms with Crippen molar-refractivity contribution in [2.75, 3.05) is 45.1 Å². The molecule has 1 saturated heterocycles. The maximum Gasteiger partial charge on any atom is 0.234 e. The number of aromatic nitrogens is 1. The molecule has 1 aromatic heterocycles. The fourth-order valence-electron chi connectivity index (χ4n) is 4.67. The van der Waals surface area contributed by atoms with E-state index in [0.717, 1.165) is 57.1 Å². The van der Waals surface area contributed by atoms with Gasteiger partial charge in [-0.15, -0.1) is 0 Å². The van der Waals surface area contributed by atoms with Gasteiger partial charge in [0.25, 0.3) is 0 Å². The number of hydrogen-bond acceptors (Lipinski definition) is 7. The molecule has 37 heavy (non-hydrogen) atoms. The third-order valence-electron chi connectivity index (χ3n) is 6.68. The molecule has 9 nitrogen and oxygen atoms in total. The fraction of sp³-hybridized carbons (Fsp3) is 0.556. The Balaban J connectivity index is 1.39. The predicted octanol–water partition coefficient (Wildman–Crippen LogP) is 3.56. The van der Waals surface area contributed by atoms with Crippen LogP contribution in [-0.2, 0) is 21.4 Å². The molecule has 0 unspecified atom stereocenters. The zero-order valence-electron chi connectivity index (χ0n) is 21.4. The summed E-state index contributed by atoms with van der Waals surface area (Å²) in [5.74, 6) is 1.53. The van der Waals surface area contributed by atoms with Crippen molar-refractivity contribution in [1.29, 1.82) is 0 Å². The quantitative estimate of drug-likeness (QED) is 0.609. The molecule has 3 heterocycles. The standard InChI is InChI=1S/C27H38N4O5S/c32-26(28-15-20-37(33,34)31-17-7-3-8-18-31)22-30-16-6-1-2-9-19-35-24-12-4-5-13-25(24)36-27-23(21-30)11-10-14-29-27/h4-5,10-14H,1-3,6-9,15-22H2,(H,28,32). The van der Waals surface area contributed by atoms with E-state index in [1.54, 1.807) is 10.5 Å². The molecule has 0 radical (unpaired) electrons. The summed E-state index contributed by atoms with van der Waals surface area (Å²) < 4.78 is 38.8. The van der Waals surface area contributed by atoms with E-state index in [0.29, 0.717) is 43.6 Å². The summed E-state index contributed by atoms with van der Waals surface area (Å²) in [6.45, 7) is 3.30. The van der Waals surface area contributed by atoms with Crippen molar-refractivity contribution in [2.24, 2.45) is 0 Å². The third kappa shape index (κ3) is 8.41. The number of carbonyl (C=O) groups is 1. The molecule has 0 aliphatic carbocycles. The Morgan fingerprint density at radius 1 is 0.919 bits per heavy atom. The second kappa shape index (κ2) is 13.7. The Morgan fingerprint density at radius 2 is 1.65 bits per heavy atom. The third-order valence-corrected chi connectivity index (χ3v) is 8.56. The van der Waals surface area contributed by atoms with Crippen LogP contribution in [0.3, 0.4) is 0 Å². The van der Waals surface area contributed by atoms with E-state index in [2.05, 4.69) is 15.2 Å². The Labute approximate surface area is 220 Å². The van der Waals surface area contributed by atoms with Crippen molar-refractivity contribution in [1.82, 2.24) is 19.5 Å². The number of rotatable bonds is 6. The largest absolute Gasteiger partial charge is 0.490 e. The van der Waals surface area contributed by atoms with Gasteiger partial charge in [-0.05, 0) is 50.4 Å². The molecule has 1 aromatic carbocycles. The second-order valence-corrected chi connectivity index (χ2v) is 11.7. The number of para-hydroxylation sites is 2. The minimum atomic E-state index is -3.34. The second-order valence-electron chi connectivity index (χ2n) is 9.62. The van der Waals surface area contributed by atoms with Crippen LogP contribution >= 0.6 is 0 Å². The lowest BCUT2D eigenvalue weighted by atomic mass is 10.1. The molecular weight excluding hydrogens is 492 g/mol. The number of pyridine rings is 1. The van der Waals surface area contributed by atoms with Crippen molar-refractivity contribution in [2.45, 2.75) is 51.5 Å². The van der Waals surface area contributed by atoms with E-state index in [-0.39, 0.29) is 24.7 Å². The average molecular weight is 531 g/mol. The Morgan fingerprint density at radius 3 is 2.49 bits per heavy atom. The lowest BCUT2D eigenvalue weighted by molar-refractivity contribution is -0.122. The van der Waals surface area contributed by atoms with Crippen LogP contribution in [-0.4, -0.2) is 73.6 Å². The summed E-state index contributed by atoms with van der Waals surface area (Å²) in [6.07, 6.45) is 8.52. The highest BCUT2D eigenvalue weighted by Crippen LogP contribution is 2.32. The highest BCUT2D eigenvalue weighted by Gasteiger charge is 2.24. The number of nitrogens with zero attached hydrogens (tertiary/aromatic N) is 3. The molecule has 2 aliphatic heterocycles. The van der Waals surface area contributed by atoms with E-state index in [1.807, 2.05) is 36.4 Å². The van der Waals surface area contributed by atoms with Gasteiger partial charge >= 0.3 is 0 Å². The van der Waals surface area contributed by atoms with Gasteiger partial charge in [-0.3, -0.25) is 9.69 Å². The summed E-state index contributed by atoms with van der Waals surface area (Å²) in [7, 11) is -3.34. The monoisotopic (exact) mass is 530 g/mol. The number of benzene rings is 1. The van der Waals surface area contributed by atoms with Gasteiger partial charge in [0.15, 0.2) is 11.5 Å². The van der Waals surface area contributed by atoms with Crippen LogP contribution in [0.15, 0.2) is 42.6 Å². The predicted molar refractivity (Wildman–Crippen MR) is 142 cm³/mol. The van der Waals surface area contributed by atoms with Crippen LogP contribution in [0.4, 0.5) is 0 Å². The molecule has 0 spiro atoms. The summed E-state index contributed by atoms with van der Waals surface area (Å²) in [5.41, 5.74) is 0.870. The molecule has 1 N–H and O–H groups in total. The molecular formula is C27H38N4O5S. The maximum atomic E-state index is 12.8. The molecule has 202 valence electrons. The summed E-state index contributed by atoms with van der Waals surface area (Å²) in [4.78, 5) is 19.3. The van der Waals surface area contributed by atoms with Crippen molar-refractivity contribution in [3.63, 3.8) is 0 Å². The van der Waals surface area contributed by atoms with E-state index in [4.69, 9.17) is 9.47 Å². The molecule has 0 bridgehead atoms. The van der Waals surface area contributed by atoms with Gasteiger partial charge in [-0.2, -0.15) is 0 Å². The highest BCUT2D eigenvalue weighted by molar-refractivity contribution is 7.89. The molecule has 0 saturated carbocycles. The van der Waals surface area contributed by atoms with Crippen molar-refractivity contribution in [3.8, 4) is 17.4 Å². The van der Waals surface area contributed by atoms with Gasteiger partial charge in [-0.25, -0.2) is 17.7 Å². The maximum absolute atomic E-state index is 12.8. The molecule has 1 amide bonds. The molecule has 2 aliphatic rings. The summed E-state index contributed by atoms with van der Waals surface area (Å²) in [6, 6.07) is 11.4. The van der Waals surface area contributed by atoms with Crippen molar-refractivity contribution in [3.05, 3.63) is 48.2 Å². The van der Waals surface area contributed by atoms with E-state index in [9.17, 15) is 13.2 Å². The van der Waals surface area contributed by atoms with E-state index < -0.39 is 10.0 Å². The minimum absolute atomic E-state index is 0.0686. The first kappa shape index (κ1) is 27.3. The summed E-state index contributed by atoms with van der Waals surface area (Å²) >= 11 is 0. The number of fused-ring (bicyclic) bond motifs is 2. The number of hydrogen-bond donors (Lipinski definition) is 1. The zero-order chi connectivity index (χ0) is 25.9. The van der Waals surface area contributed by atoms with Gasteiger partial charge in [0.2, 0.25) is 21.8 Å². The van der Waals surface area contributed by atoms with Crippen LogP contribution in [0.5, 0.6) is 17.4 Å². The van der Waals surface area contributed by atoms with Gasteiger partial charge < -0.3 is 14.8 Å². The molecule has 0 atom stereocenters. The topological polar surface area (TPSA) is 101 Å². The number of nitrogens with one attached hydrogen (secondary N) is 1. The molecule has 10 heteroatoms. The Bertz CT molecular complexity index is 1120. The van der Waals surface area contributed by atoms with Crippen LogP contribution in [0.25, 0.3) is 0 Å². The van der Waals surface area contributed by atoms with Gasteiger partial charge in [0.05, 0.1) is 18.9 Å². The molecule has 1 fully saturated rings.